The lowest BCUT2D eigenvalue weighted by Crippen LogP contribution is -2.36. The van der Waals surface area contributed by atoms with E-state index in [1.165, 1.54) is 12.0 Å². The van der Waals surface area contributed by atoms with Crippen molar-refractivity contribution in [1.29, 1.82) is 0 Å². The minimum atomic E-state index is -0.381. The van der Waals surface area contributed by atoms with Crippen molar-refractivity contribution in [2.24, 2.45) is 0 Å². The highest BCUT2D eigenvalue weighted by Gasteiger charge is 2.33. The van der Waals surface area contributed by atoms with Gasteiger partial charge in [0.1, 0.15) is 0 Å². The molecule has 1 atom stereocenters. The second-order valence-corrected chi connectivity index (χ2v) is 3.64. The van der Waals surface area contributed by atoms with Gasteiger partial charge in [0.25, 0.3) is 0 Å². The third-order valence-electron chi connectivity index (χ3n) is 1.73. The average Bonchev–Trinajstić information content (AvgIpc) is 2.01. The van der Waals surface area contributed by atoms with Gasteiger partial charge in [-0.2, -0.15) is 0 Å². The molecule has 0 aromatic heterocycles. The molecule has 12 heavy (non-hydrogen) atoms. The van der Waals surface area contributed by atoms with Crippen molar-refractivity contribution in [3.05, 3.63) is 12.0 Å². The molecule has 1 saturated heterocycles. The van der Waals surface area contributed by atoms with Crippen LogP contribution in [0.25, 0.3) is 0 Å². The maximum absolute atomic E-state index is 10.9. The van der Waals surface area contributed by atoms with Gasteiger partial charge in [0, 0.05) is 18.5 Å². The van der Waals surface area contributed by atoms with Crippen molar-refractivity contribution in [3.8, 4) is 0 Å². The summed E-state index contributed by atoms with van der Waals surface area (Å²) in [6.45, 7) is 5.88. The van der Waals surface area contributed by atoms with Crippen LogP contribution in [0, 0.1) is 0 Å². The zero-order valence-corrected chi connectivity index (χ0v) is 7.86. The maximum Gasteiger partial charge on any atom is 0.308 e. The number of carbonyl (C=O) groups is 1. The fourth-order valence-electron chi connectivity index (χ4n) is 1.05. The van der Waals surface area contributed by atoms with Gasteiger partial charge in [-0.05, 0) is 12.3 Å². The van der Waals surface area contributed by atoms with E-state index >= 15 is 0 Å². The molecule has 0 aromatic carbocycles. The number of hydrogen-bond acceptors (Lipinski definition) is 4. The number of ether oxygens (including phenoxy) is 1. The van der Waals surface area contributed by atoms with E-state index in [4.69, 9.17) is 8.92 Å². The first-order valence-corrected chi connectivity index (χ1v) is 4.58. The summed E-state index contributed by atoms with van der Waals surface area (Å²) in [5.41, 5.74) is -0.381. The van der Waals surface area contributed by atoms with Crippen molar-refractivity contribution in [3.63, 3.8) is 0 Å². The van der Waals surface area contributed by atoms with Crippen molar-refractivity contribution >= 4 is 18.0 Å². The van der Waals surface area contributed by atoms with Crippen LogP contribution in [0.4, 0.5) is 0 Å². The van der Waals surface area contributed by atoms with Crippen LogP contribution in [0.5, 0.6) is 0 Å². The molecular formula is C8H12O3S. The van der Waals surface area contributed by atoms with E-state index in [1.54, 1.807) is 5.41 Å². The molecule has 0 bridgehead atoms. The van der Waals surface area contributed by atoms with E-state index < -0.39 is 0 Å². The standard InChI is InChI=1S/C8H12O3S/c1-3-12-11-8(2)4-5-10-7(9)6-8/h3H,1,4-6H2,2H3. The third-order valence-corrected chi connectivity index (χ3v) is 2.36. The van der Waals surface area contributed by atoms with Crippen molar-refractivity contribution in [2.45, 2.75) is 25.4 Å². The van der Waals surface area contributed by atoms with Crippen LogP contribution >= 0.6 is 12.0 Å². The molecular weight excluding hydrogens is 176 g/mol. The number of hydrogen-bond donors (Lipinski definition) is 0. The lowest BCUT2D eigenvalue weighted by molar-refractivity contribution is -0.155. The molecule has 1 fully saturated rings. The quantitative estimate of drug-likeness (QED) is 0.500. The summed E-state index contributed by atoms with van der Waals surface area (Å²) in [5.74, 6) is -0.187. The second-order valence-electron chi connectivity index (χ2n) is 2.94. The summed E-state index contributed by atoms with van der Waals surface area (Å²) in [6, 6.07) is 0. The first-order chi connectivity index (χ1) is 5.66. The number of cyclic esters (lactones) is 1. The van der Waals surface area contributed by atoms with Gasteiger partial charge in [0.05, 0.1) is 18.6 Å². The highest BCUT2D eigenvalue weighted by molar-refractivity contribution is 7.97. The van der Waals surface area contributed by atoms with Crippen molar-refractivity contribution in [1.82, 2.24) is 0 Å². The Hall–Kier alpha value is -0.480. The van der Waals surface area contributed by atoms with Crippen LogP contribution in [0.2, 0.25) is 0 Å². The van der Waals surface area contributed by atoms with E-state index in [1.807, 2.05) is 6.92 Å². The molecule has 0 aromatic rings. The molecule has 1 rings (SSSR count). The number of rotatable bonds is 3. The van der Waals surface area contributed by atoms with Gasteiger partial charge in [-0.1, -0.05) is 6.58 Å². The van der Waals surface area contributed by atoms with Gasteiger partial charge >= 0.3 is 5.97 Å². The molecule has 0 saturated carbocycles. The van der Waals surface area contributed by atoms with Gasteiger partial charge in [-0.3, -0.25) is 4.79 Å². The fraction of sp³-hybridized carbons (Fsp3) is 0.625. The van der Waals surface area contributed by atoms with Crippen LogP contribution in [0.15, 0.2) is 12.0 Å². The largest absolute Gasteiger partial charge is 0.465 e. The summed E-state index contributed by atoms with van der Waals surface area (Å²) in [4.78, 5) is 10.9. The van der Waals surface area contributed by atoms with E-state index in [0.29, 0.717) is 13.0 Å². The lowest BCUT2D eigenvalue weighted by atomic mass is 9.97. The minimum Gasteiger partial charge on any atom is -0.465 e. The lowest BCUT2D eigenvalue weighted by Gasteiger charge is -2.30. The molecule has 1 unspecified atom stereocenters. The number of esters is 1. The Bertz CT molecular complexity index is 193. The highest BCUT2D eigenvalue weighted by Crippen LogP contribution is 2.29. The summed E-state index contributed by atoms with van der Waals surface area (Å²) < 4.78 is 10.2. The first kappa shape index (κ1) is 9.61. The Morgan fingerprint density at radius 3 is 3.17 bits per heavy atom. The van der Waals surface area contributed by atoms with Gasteiger partial charge in [-0.15, -0.1) is 0 Å². The average molecular weight is 188 g/mol. The Labute approximate surface area is 76.3 Å². The highest BCUT2D eigenvalue weighted by atomic mass is 32.2. The van der Waals surface area contributed by atoms with Crippen LogP contribution < -0.4 is 0 Å². The van der Waals surface area contributed by atoms with Gasteiger partial charge in [0.15, 0.2) is 0 Å². The van der Waals surface area contributed by atoms with Crippen molar-refractivity contribution in [2.75, 3.05) is 6.61 Å². The first-order valence-electron chi connectivity index (χ1n) is 3.77. The molecule has 1 heterocycles. The zero-order chi connectivity index (χ0) is 9.03. The summed E-state index contributed by atoms with van der Waals surface area (Å²) in [5, 5.41) is 1.60. The van der Waals surface area contributed by atoms with Crippen LogP contribution in [0.1, 0.15) is 19.8 Å². The summed E-state index contributed by atoms with van der Waals surface area (Å²) >= 11 is 1.17. The topological polar surface area (TPSA) is 35.5 Å². The molecule has 68 valence electrons. The fourth-order valence-corrected chi connectivity index (χ4v) is 1.49. The Kier molecular flexibility index (Phi) is 3.17. The predicted octanol–water partition coefficient (Wildman–Crippen LogP) is 1.89. The summed E-state index contributed by atoms with van der Waals surface area (Å²) in [7, 11) is 0. The number of carbonyl (C=O) groups excluding carboxylic acids is 1. The molecule has 0 aliphatic carbocycles. The molecule has 0 spiro atoms. The van der Waals surface area contributed by atoms with Gasteiger partial charge < -0.3 is 8.92 Å². The maximum atomic E-state index is 10.9. The molecule has 0 amide bonds. The molecule has 1 aliphatic rings. The molecule has 0 radical (unpaired) electrons. The Morgan fingerprint density at radius 1 is 1.83 bits per heavy atom. The third kappa shape index (κ3) is 2.53. The van der Waals surface area contributed by atoms with E-state index in [-0.39, 0.29) is 11.6 Å². The van der Waals surface area contributed by atoms with E-state index in [9.17, 15) is 4.79 Å². The van der Waals surface area contributed by atoms with E-state index in [0.717, 1.165) is 6.42 Å². The smallest absolute Gasteiger partial charge is 0.308 e. The van der Waals surface area contributed by atoms with Crippen molar-refractivity contribution < 1.29 is 13.7 Å². The second kappa shape index (κ2) is 3.96. The predicted molar refractivity (Wildman–Crippen MR) is 47.5 cm³/mol. The SMILES string of the molecule is C=CSOC1(C)CCOC(=O)C1. The van der Waals surface area contributed by atoms with Crippen LogP contribution in [-0.2, 0) is 13.7 Å². The van der Waals surface area contributed by atoms with Gasteiger partial charge in [-0.25, -0.2) is 0 Å². The molecule has 0 N–H and O–H groups in total. The van der Waals surface area contributed by atoms with Gasteiger partial charge in [0.2, 0.25) is 0 Å². The van der Waals surface area contributed by atoms with Crippen LogP contribution in [0.3, 0.4) is 0 Å². The Morgan fingerprint density at radius 2 is 2.58 bits per heavy atom. The Balaban J connectivity index is 2.45. The zero-order valence-electron chi connectivity index (χ0n) is 7.04. The summed E-state index contributed by atoms with van der Waals surface area (Å²) in [6.07, 6.45) is 1.08. The minimum absolute atomic E-state index is 0.187. The monoisotopic (exact) mass is 188 g/mol. The molecule has 1 aliphatic heterocycles. The molecule has 4 heteroatoms. The molecule has 3 nitrogen and oxygen atoms in total. The van der Waals surface area contributed by atoms with E-state index in [2.05, 4.69) is 6.58 Å². The van der Waals surface area contributed by atoms with Crippen LogP contribution in [-0.4, -0.2) is 18.2 Å². The normalized spacial score (nSPS) is 29.6.